The topological polar surface area (TPSA) is 78.3 Å². The summed E-state index contributed by atoms with van der Waals surface area (Å²) in [5.41, 5.74) is 12.2. The van der Waals surface area contributed by atoms with Crippen LogP contribution in [0.25, 0.3) is 0 Å². The molecule has 0 bridgehead atoms. The Morgan fingerprint density at radius 1 is 1.30 bits per heavy atom. The second-order valence-electron chi connectivity index (χ2n) is 4.12. The van der Waals surface area contributed by atoms with Gasteiger partial charge in [-0.2, -0.15) is 0 Å². The minimum atomic E-state index is -0.613. The van der Waals surface area contributed by atoms with E-state index < -0.39 is 5.91 Å². The van der Waals surface area contributed by atoms with Gasteiger partial charge in [-0.3, -0.25) is 4.79 Å². The molecular weight excluding hydrogens is 327 g/mol. The molecule has 0 radical (unpaired) electrons. The van der Waals surface area contributed by atoms with E-state index in [2.05, 4.69) is 15.9 Å². The second kappa shape index (κ2) is 5.92. The van der Waals surface area contributed by atoms with Crippen molar-refractivity contribution in [2.45, 2.75) is 6.61 Å². The molecule has 0 aromatic heterocycles. The van der Waals surface area contributed by atoms with Gasteiger partial charge in [-0.05, 0) is 34.1 Å². The van der Waals surface area contributed by atoms with Crippen molar-refractivity contribution >= 4 is 27.5 Å². The van der Waals surface area contributed by atoms with Crippen LogP contribution in [0, 0.1) is 5.82 Å². The highest BCUT2D eigenvalue weighted by atomic mass is 79.9. The van der Waals surface area contributed by atoms with Crippen molar-refractivity contribution in [3.8, 4) is 5.75 Å². The van der Waals surface area contributed by atoms with Crippen LogP contribution in [0.5, 0.6) is 5.75 Å². The van der Waals surface area contributed by atoms with Crippen LogP contribution in [0.2, 0.25) is 0 Å². The summed E-state index contributed by atoms with van der Waals surface area (Å²) in [6.07, 6.45) is 0. The maximum atomic E-state index is 13.4. The molecule has 20 heavy (non-hydrogen) atoms. The lowest BCUT2D eigenvalue weighted by Gasteiger charge is -2.11. The first kappa shape index (κ1) is 14.3. The zero-order valence-electron chi connectivity index (χ0n) is 10.4. The summed E-state index contributed by atoms with van der Waals surface area (Å²) >= 11 is 3.14. The Kier molecular flexibility index (Phi) is 4.24. The Hall–Kier alpha value is -2.08. The van der Waals surface area contributed by atoms with Crippen LogP contribution >= 0.6 is 15.9 Å². The van der Waals surface area contributed by atoms with Gasteiger partial charge in [0.1, 0.15) is 18.2 Å². The van der Waals surface area contributed by atoms with E-state index in [1.807, 2.05) is 0 Å². The third-order valence-corrected chi connectivity index (χ3v) is 3.57. The molecule has 0 aliphatic rings. The number of hydrogen-bond donors (Lipinski definition) is 2. The zero-order chi connectivity index (χ0) is 14.7. The molecule has 0 aliphatic heterocycles. The molecule has 6 heteroatoms. The predicted molar refractivity (Wildman–Crippen MR) is 77.8 cm³/mol. The van der Waals surface area contributed by atoms with Gasteiger partial charge in [-0.25, -0.2) is 4.39 Å². The van der Waals surface area contributed by atoms with Crippen molar-refractivity contribution in [2.75, 3.05) is 5.73 Å². The number of nitrogen functional groups attached to an aromatic ring is 1. The zero-order valence-corrected chi connectivity index (χ0v) is 12.0. The Morgan fingerprint density at radius 3 is 2.75 bits per heavy atom. The van der Waals surface area contributed by atoms with Crippen LogP contribution < -0.4 is 16.2 Å². The van der Waals surface area contributed by atoms with Crippen LogP contribution in [-0.2, 0) is 6.61 Å². The van der Waals surface area contributed by atoms with Gasteiger partial charge in [0.15, 0.2) is 0 Å². The minimum absolute atomic E-state index is 0.0854. The van der Waals surface area contributed by atoms with Crippen LogP contribution in [0.1, 0.15) is 15.9 Å². The van der Waals surface area contributed by atoms with Crippen LogP contribution in [0.15, 0.2) is 40.9 Å². The number of carbonyl (C=O) groups excluding carboxylic acids is 1. The number of amides is 1. The van der Waals surface area contributed by atoms with E-state index >= 15 is 0 Å². The van der Waals surface area contributed by atoms with E-state index in [0.717, 1.165) is 0 Å². The fraction of sp³-hybridized carbons (Fsp3) is 0.0714. The summed E-state index contributed by atoms with van der Waals surface area (Å²) in [5, 5.41) is 0. The predicted octanol–water partition coefficient (Wildman–Crippen LogP) is 2.85. The monoisotopic (exact) mass is 338 g/mol. The van der Waals surface area contributed by atoms with Crippen molar-refractivity contribution in [1.29, 1.82) is 0 Å². The van der Waals surface area contributed by atoms with Crippen molar-refractivity contribution in [2.24, 2.45) is 5.73 Å². The van der Waals surface area contributed by atoms with Gasteiger partial charge in [0.25, 0.3) is 5.91 Å². The number of primary amides is 1. The molecule has 2 aromatic carbocycles. The maximum Gasteiger partial charge on any atom is 0.252 e. The summed E-state index contributed by atoms with van der Waals surface area (Å²) in [7, 11) is 0. The fourth-order valence-corrected chi connectivity index (χ4v) is 2.06. The lowest BCUT2D eigenvalue weighted by molar-refractivity contribution is 0.0996. The highest BCUT2D eigenvalue weighted by Gasteiger charge is 2.11. The van der Waals surface area contributed by atoms with Crippen LogP contribution in [-0.4, -0.2) is 5.91 Å². The molecule has 0 saturated carbocycles. The summed E-state index contributed by atoms with van der Waals surface area (Å²) in [5.74, 6) is -0.722. The number of halogens is 2. The molecule has 4 N–H and O–H groups in total. The largest absolute Gasteiger partial charge is 0.488 e. The average molecular weight is 339 g/mol. The first-order valence-electron chi connectivity index (χ1n) is 5.74. The van der Waals surface area contributed by atoms with E-state index in [1.165, 1.54) is 18.2 Å². The quantitative estimate of drug-likeness (QED) is 0.841. The number of rotatable bonds is 4. The van der Waals surface area contributed by atoms with Crippen molar-refractivity contribution in [1.82, 2.24) is 0 Å². The summed E-state index contributed by atoms with van der Waals surface area (Å²) in [6, 6.07) is 9.19. The summed E-state index contributed by atoms with van der Waals surface area (Å²) in [4.78, 5) is 11.3. The van der Waals surface area contributed by atoms with Gasteiger partial charge >= 0.3 is 0 Å². The number of carbonyl (C=O) groups is 1. The second-order valence-corrected chi connectivity index (χ2v) is 4.91. The normalized spacial score (nSPS) is 10.3. The van der Waals surface area contributed by atoms with E-state index in [9.17, 15) is 9.18 Å². The third-order valence-electron chi connectivity index (χ3n) is 2.69. The standard InChI is InChI=1S/C14H12BrFN2O2/c15-13-8(2-1-3-11(13)16)7-20-12-6-9(17)4-5-10(12)14(18)19/h1-6H,7,17H2,(H2,18,19). The Bertz CT molecular complexity index is 662. The molecule has 104 valence electrons. The van der Waals surface area contributed by atoms with Gasteiger partial charge in [0.05, 0.1) is 10.0 Å². The molecule has 2 aromatic rings. The van der Waals surface area contributed by atoms with Crippen LogP contribution in [0.4, 0.5) is 10.1 Å². The van der Waals surface area contributed by atoms with Gasteiger partial charge in [0, 0.05) is 17.3 Å². The van der Waals surface area contributed by atoms with Crippen LogP contribution in [0.3, 0.4) is 0 Å². The van der Waals surface area contributed by atoms with Crippen molar-refractivity contribution < 1.29 is 13.9 Å². The van der Waals surface area contributed by atoms with Gasteiger partial charge in [-0.15, -0.1) is 0 Å². The maximum absolute atomic E-state index is 13.4. The SMILES string of the molecule is NC(=O)c1ccc(N)cc1OCc1cccc(F)c1Br. The lowest BCUT2D eigenvalue weighted by Crippen LogP contribution is -2.13. The van der Waals surface area contributed by atoms with Crippen molar-refractivity contribution in [3.05, 3.63) is 57.8 Å². The number of benzene rings is 2. The number of nitrogens with two attached hydrogens (primary N) is 2. The Morgan fingerprint density at radius 2 is 2.05 bits per heavy atom. The summed E-state index contributed by atoms with van der Waals surface area (Å²) in [6.45, 7) is 0.0854. The van der Waals surface area contributed by atoms with E-state index in [4.69, 9.17) is 16.2 Å². The summed E-state index contributed by atoms with van der Waals surface area (Å²) < 4.78 is 19.2. The molecule has 0 unspecified atom stereocenters. The number of anilines is 1. The average Bonchev–Trinajstić information content (AvgIpc) is 2.40. The molecule has 2 rings (SSSR count). The van der Waals surface area contributed by atoms with Crippen molar-refractivity contribution in [3.63, 3.8) is 0 Å². The molecule has 0 aliphatic carbocycles. The van der Waals surface area contributed by atoms with E-state index in [-0.39, 0.29) is 23.7 Å². The van der Waals surface area contributed by atoms with Gasteiger partial charge < -0.3 is 16.2 Å². The smallest absolute Gasteiger partial charge is 0.252 e. The third kappa shape index (κ3) is 3.08. The first-order valence-corrected chi connectivity index (χ1v) is 6.53. The number of hydrogen-bond acceptors (Lipinski definition) is 3. The minimum Gasteiger partial charge on any atom is -0.488 e. The lowest BCUT2D eigenvalue weighted by atomic mass is 10.1. The highest BCUT2D eigenvalue weighted by Crippen LogP contribution is 2.25. The molecule has 4 nitrogen and oxygen atoms in total. The fourth-order valence-electron chi connectivity index (χ4n) is 1.68. The van der Waals surface area contributed by atoms with E-state index in [1.54, 1.807) is 18.2 Å². The van der Waals surface area contributed by atoms with E-state index in [0.29, 0.717) is 15.7 Å². The molecule has 0 heterocycles. The Labute approximate surface area is 123 Å². The molecular formula is C14H12BrFN2O2. The molecule has 0 saturated heterocycles. The van der Waals surface area contributed by atoms with Gasteiger partial charge in [0.2, 0.25) is 0 Å². The molecule has 0 spiro atoms. The Balaban J connectivity index is 2.24. The number of ether oxygens (including phenoxy) is 1. The molecule has 0 atom stereocenters. The highest BCUT2D eigenvalue weighted by molar-refractivity contribution is 9.10. The first-order chi connectivity index (χ1) is 9.49. The van der Waals surface area contributed by atoms with Gasteiger partial charge in [-0.1, -0.05) is 12.1 Å². The molecule has 0 fully saturated rings. The molecule has 1 amide bonds.